The van der Waals surface area contributed by atoms with Crippen LogP contribution >= 0.6 is 0 Å². The lowest BCUT2D eigenvalue weighted by Crippen LogP contribution is -2.40. The molecule has 0 saturated carbocycles. The lowest BCUT2D eigenvalue weighted by molar-refractivity contribution is -0.220. The SMILES string of the molecule is CC1(C)O[C@H]2O[C@H]([C@@H]3[C@@H](C=O)N3Cc3ccccc3)[C@H](OCc3ccccc3)[C@H]2O1. The van der Waals surface area contributed by atoms with E-state index in [9.17, 15) is 4.79 Å². The number of rotatable bonds is 7. The summed E-state index contributed by atoms with van der Waals surface area (Å²) in [6, 6.07) is 19.9. The number of fused-ring (bicyclic) bond motifs is 1. The Hall–Kier alpha value is -2.09. The second-order valence-electron chi connectivity index (χ2n) is 8.61. The van der Waals surface area contributed by atoms with Crippen molar-refractivity contribution in [3.05, 3.63) is 71.8 Å². The molecule has 3 saturated heterocycles. The predicted octanol–water partition coefficient (Wildman–Crippen LogP) is 2.90. The zero-order valence-corrected chi connectivity index (χ0v) is 17.2. The maximum absolute atomic E-state index is 11.8. The summed E-state index contributed by atoms with van der Waals surface area (Å²) in [5.41, 5.74) is 2.25. The topological polar surface area (TPSA) is 57.0 Å². The van der Waals surface area contributed by atoms with Crippen LogP contribution < -0.4 is 0 Å². The van der Waals surface area contributed by atoms with Gasteiger partial charge in [0, 0.05) is 6.54 Å². The monoisotopic (exact) mass is 409 g/mol. The summed E-state index contributed by atoms with van der Waals surface area (Å²) in [7, 11) is 0. The molecule has 6 nitrogen and oxygen atoms in total. The molecular formula is C24H27NO5. The van der Waals surface area contributed by atoms with Crippen molar-refractivity contribution >= 4 is 6.29 Å². The number of nitrogens with zero attached hydrogens (tertiary/aromatic N) is 1. The fraction of sp³-hybridized carbons (Fsp3) is 0.458. The molecule has 2 aromatic carbocycles. The third-order valence-corrected chi connectivity index (χ3v) is 6.02. The maximum atomic E-state index is 11.8. The maximum Gasteiger partial charge on any atom is 0.190 e. The third-order valence-electron chi connectivity index (χ3n) is 6.02. The van der Waals surface area contributed by atoms with Crippen molar-refractivity contribution in [2.75, 3.05) is 0 Å². The molecule has 0 bridgehead atoms. The Labute approximate surface area is 176 Å². The van der Waals surface area contributed by atoms with Crippen LogP contribution in [0.25, 0.3) is 0 Å². The summed E-state index contributed by atoms with van der Waals surface area (Å²) in [6.07, 6.45) is -0.410. The summed E-state index contributed by atoms with van der Waals surface area (Å²) < 4.78 is 24.7. The van der Waals surface area contributed by atoms with Crippen LogP contribution in [0.4, 0.5) is 0 Å². The average Bonchev–Trinajstić information content (AvgIpc) is 3.21. The zero-order valence-electron chi connectivity index (χ0n) is 17.2. The lowest BCUT2D eigenvalue weighted by atomic mass is 10.1. The molecule has 0 aromatic heterocycles. The van der Waals surface area contributed by atoms with Crippen molar-refractivity contribution < 1.29 is 23.7 Å². The van der Waals surface area contributed by atoms with E-state index in [2.05, 4.69) is 17.0 Å². The van der Waals surface area contributed by atoms with Crippen LogP contribution in [0.2, 0.25) is 0 Å². The molecule has 2 aromatic rings. The number of hydrogen-bond donors (Lipinski definition) is 0. The van der Waals surface area contributed by atoms with Crippen molar-refractivity contribution in [1.82, 2.24) is 4.90 Å². The number of aldehydes is 1. The van der Waals surface area contributed by atoms with E-state index in [1.807, 2.05) is 62.4 Å². The molecular weight excluding hydrogens is 382 g/mol. The van der Waals surface area contributed by atoms with Gasteiger partial charge in [-0.3, -0.25) is 4.90 Å². The fourth-order valence-electron chi connectivity index (χ4n) is 4.60. The molecule has 0 amide bonds. The van der Waals surface area contributed by atoms with Gasteiger partial charge in [0.15, 0.2) is 12.1 Å². The van der Waals surface area contributed by atoms with Gasteiger partial charge < -0.3 is 23.7 Å². The number of hydrogen-bond acceptors (Lipinski definition) is 6. The van der Waals surface area contributed by atoms with Gasteiger partial charge >= 0.3 is 0 Å². The predicted molar refractivity (Wildman–Crippen MR) is 109 cm³/mol. The lowest BCUT2D eigenvalue weighted by Gasteiger charge is -2.26. The highest BCUT2D eigenvalue weighted by molar-refractivity contribution is 5.64. The van der Waals surface area contributed by atoms with Crippen LogP contribution in [0, 0.1) is 0 Å². The molecule has 5 rings (SSSR count). The highest BCUT2D eigenvalue weighted by Crippen LogP contribution is 2.45. The average molecular weight is 409 g/mol. The Kier molecular flexibility index (Phi) is 5.21. The zero-order chi connectivity index (χ0) is 20.7. The molecule has 0 radical (unpaired) electrons. The Balaban J connectivity index is 1.34. The second-order valence-corrected chi connectivity index (χ2v) is 8.61. The van der Waals surface area contributed by atoms with E-state index in [-0.39, 0.29) is 30.4 Å². The van der Waals surface area contributed by atoms with Gasteiger partial charge in [0.25, 0.3) is 0 Å². The van der Waals surface area contributed by atoms with Crippen LogP contribution in [0.3, 0.4) is 0 Å². The molecule has 0 N–H and O–H groups in total. The van der Waals surface area contributed by atoms with E-state index in [0.29, 0.717) is 13.2 Å². The molecule has 7 atom stereocenters. The van der Waals surface area contributed by atoms with Gasteiger partial charge in [-0.1, -0.05) is 60.7 Å². The highest BCUT2D eigenvalue weighted by atomic mass is 16.8. The van der Waals surface area contributed by atoms with E-state index in [1.54, 1.807) is 0 Å². The summed E-state index contributed by atoms with van der Waals surface area (Å²) in [6.45, 7) is 4.91. The molecule has 3 heterocycles. The largest absolute Gasteiger partial charge is 0.368 e. The van der Waals surface area contributed by atoms with Gasteiger partial charge in [-0.15, -0.1) is 0 Å². The minimum Gasteiger partial charge on any atom is -0.368 e. The molecule has 158 valence electrons. The molecule has 30 heavy (non-hydrogen) atoms. The Bertz CT molecular complexity index is 874. The quantitative estimate of drug-likeness (QED) is 0.518. The smallest absolute Gasteiger partial charge is 0.190 e. The molecule has 1 unspecified atom stereocenters. The standard InChI is InChI=1S/C24H27NO5/c1-24(2)29-22-21(27-15-17-11-7-4-8-12-17)20(28-23(22)30-24)19-18(14-26)25(19)13-16-9-5-3-6-10-16/h3-12,14,18-23H,13,15H2,1-2H3/t18-,19+,20-,21+,22-,23-,25?/m1/s1. The molecule has 6 heteroatoms. The van der Waals surface area contributed by atoms with E-state index in [0.717, 1.165) is 11.8 Å². The Morgan fingerprint density at radius 3 is 2.30 bits per heavy atom. The van der Waals surface area contributed by atoms with Gasteiger partial charge in [-0.2, -0.15) is 0 Å². The van der Waals surface area contributed by atoms with E-state index < -0.39 is 12.1 Å². The molecule has 3 fully saturated rings. The minimum absolute atomic E-state index is 0.0515. The third kappa shape index (κ3) is 3.82. The van der Waals surface area contributed by atoms with Crippen molar-refractivity contribution in [2.24, 2.45) is 0 Å². The van der Waals surface area contributed by atoms with Crippen LogP contribution in [0.5, 0.6) is 0 Å². The van der Waals surface area contributed by atoms with Gasteiger partial charge in [-0.05, 0) is 25.0 Å². The van der Waals surface area contributed by atoms with Crippen LogP contribution in [-0.2, 0) is 36.9 Å². The Morgan fingerprint density at radius 1 is 0.967 bits per heavy atom. The first kappa shape index (κ1) is 19.8. The summed E-state index contributed by atoms with van der Waals surface area (Å²) in [4.78, 5) is 13.9. The summed E-state index contributed by atoms with van der Waals surface area (Å²) >= 11 is 0. The van der Waals surface area contributed by atoms with Crippen molar-refractivity contribution in [3.8, 4) is 0 Å². The number of carbonyl (C=O) groups is 1. The van der Waals surface area contributed by atoms with Crippen molar-refractivity contribution in [3.63, 3.8) is 0 Å². The number of benzene rings is 2. The van der Waals surface area contributed by atoms with Crippen molar-refractivity contribution in [1.29, 1.82) is 0 Å². The fourth-order valence-corrected chi connectivity index (χ4v) is 4.60. The van der Waals surface area contributed by atoms with E-state index in [1.165, 1.54) is 5.56 Å². The number of carbonyl (C=O) groups excluding carboxylic acids is 1. The molecule has 3 aliphatic rings. The van der Waals surface area contributed by atoms with E-state index in [4.69, 9.17) is 18.9 Å². The van der Waals surface area contributed by atoms with Crippen LogP contribution in [0.1, 0.15) is 25.0 Å². The van der Waals surface area contributed by atoms with Gasteiger partial charge in [0.05, 0.1) is 18.7 Å². The first-order chi connectivity index (χ1) is 14.6. The van der Waals surface area contributed by atoms with Gasteiger partial charge in [-0.25, -0.2) is 0 Å². The normalized spacial score (nSPS) is 36.4. The first-order valence-corrected chi connectivity index (χ1v) is 10.5. The van der Waals surface area contributed by atoms with Crippen LogP contribution in [0.15, 0.2) is 60.7 Å². The number of ether oxygens (including phenoxy) is 4. The van der Waals surface area contributed by atoms with Crippen molar-refractivity contribution in [2.45, 2.75) is 69.5 Å². The van der Waals surface area contributed by atoms with Gasteiger partial charge in [0.1, 0.15) is 24.6 Å². The molecule has 0 spiro atoms. The Morgan fingerprint density at radius 2 is 1.63 bits per heavy atom. The van der Waals surface area contributed by atoms with Crippen LogP contribution in [-0.4, -0.2) is 53.7 Å². The van der Waals surface area contributed by atoms with E-state index >= 15 is 0 Å². The summed E-state index contributed by atoms with van der Waals surface area (Å²) in [5.74, 6) is -0.716. The minimum atomic E-state index is -0.716. The highest BCUT2D eigenvalue weighted by Gasteiger charge is 2.64. The van der Waals surface area contributed by atoms with Gasteiger partial charge in [0.2, 0.25) is 0 Å². The molecule has 3 aliphatic heterocycles. The summed E-state index contributed by atoms with van der Waals surface area (Å²) in [5, 5.41) is 0. The second kappa shape index (κ2) is 7.87. The molecule has 0 aliphatic carbocycles. The first-order valence-electron chi connectivity index (χ1n) is 10.5.